The molecule has 1 fully saturated rings. The summed E-state index contributed by atoms with van der Waals surface area (Å²) in [5.74, 6) is -16.6. The molecule has 1 saturated carbocycles. The fourth-order valence-electron chi connectivity index (χ4n) is 4.28. The Morgan fingerprint density at radius 3 is 2.05 bits per heavy atom. The number of esters is 1. The number of hydrogen-bond acceptors (Lipinski definition) is 7. The van der Waals surface area contributed by atoms with Crippen LogP contribution in [0.2, 0.25) is 0 Å². The van der Waals surface area contributed by atoms with Crippen molar-refractivity contribution >= 4 is 23.7 Å². The Morgan fingerprint density at radius 1 is 0.953 bits per heavy atom. The van der Waals surface area contributed by atoms with Gasteiger partial charge in [0.15, 0.2) is 29.4 Å². The number of ether oxygens (including phenoxy) is 1. The number of amides is 3. The molecular formula is C28H30F5N3O7. The zero-order valence-corrected chi connectivity index (χ0v) is 23.0. The third kappa shape index (κ3) is 7.77. The van der Waals surface area contributed by atoms with E-state index in [1.807, 2.05) is 0 Å². The van der Waals surface area contributed by atoms with Gasteiger partial charge in [-0.25, -0.2) is 22.0 Å². The number of phenols is 1. The van der Waals surface area contributed by atoms with E-state index in [9.17, 15) is 51.3 Å². The molecule has 0 saturated heterocycles. The Labute approximate surface area is 242 Å². The van der Waals surface area contributed by atoms with Gasteiger partial charge in [-0.3, -0.25) is 19.2 Å². The molecule has 2 aromatic carbocycles. The molecular weight excluding hydrogens is 585 g/mol. The van der Waals surface area contributed by atoms with Gasteiger partial charge in [0.1, 0.15) is 11.8 Å². The number of hydrogen-bond donors (Lipinski definition) is 5. The molecule has 3 rings (SSSR count). The zero-order chi connectivity index (χ0) is 32.2. The zero-order valence-electron chi connectivity index (χ0n) is 23.0. The molecule has 1 aliphatic carbocycles. The normalized spacial score (nSPS) is 16.4. The maximum absolute atomic E-state index is 14.0. The smallest absolute Gasteiger partial charge is 0.312 e. The molecule has 1 aliphatic rings. The van der Waals surface area contributed by atoms with Crippen LogP contribution < -0.4 is 16.4 Å². The first-order valence-corrected chi connectivity index (χ1v) is 13.2. The molecule has 6 N–H and O–H groups in total. The minimum absolute atomic E-state index is 0.148. The largest absolute Gasteiger partial charge is 0.507 e. The van der Waals surface area contributed by atoms with Crippen molar-refractivity contribution in [3.8, 4) is 5.75 Å². The number of carbonyl (C=O) groups excluding carboxylic acids is 4. The van der Waals surface area contributed by atoms with E-state index in [1.54, 1.807) is 0 Å². The quantitative estimate of drug-likeness (QED) is 0.0996. The van der Waals surface area contributed by atoms with Crippen LogP contribution in [-0.2, 0) is 25.5 Å². The van der Waals surface area contributed by atoms with Crippen LogP contribution in [0.25, 0.3) is 0 Å². The van der Waals surface area contributed by atoms with Crippen LogP contribution in [0.15, 0.2) is 24.3 Å². The number of phenolic OH excluding ortho intramolecular Hbond substituents is 1. The van der Waals surface area contributed by atoms with Gasteiger partial charge in [-0.15, -0.1) is 0 Å². The number of para-hydroxylation sites is 1. The predicted molar refractivity (Wildman–Crippen MR) is 138 cm³/mol. The topological polar surface area (TPSA) is 168 Å². The SMILES string of the molecule is CC(NC(=O)C(OC(=O)C(C)C(O)CCc1c(F)c(F)c(F)c(F)c1F)C1CC1)C(NC(=O)c1ccccc1O)C(N)=O. The average Bonchev–Trinajstić information content (AvgIpc) is 3.81. The minimum atomic E-state index is -2.32. The van der Waals surface area contributed by atoms with Gasteiger partial charge in [-0.1, -0.05) is 12.1 Å². The summed E-state index contributed by atoms with van der Waals surface area (Å²) < 4.78 is 73.4. The highest BCUT2D eigenvalue weighted by molar-refractivity contribution is 5.99. The third-order valence-corrected chi connectivity index (χ3v) is 7.10. The number of rotatable bonds is 13. The number of carbonyl (C=O) groups is 4. The maximum atomic E-state index is 14.0. The summed E-state index contributed by atoms with van der Waals surface area (Å²) in [5.41, 5.74) is 4.10. The van der Waals surface area contributed by atoms with E-state index in [1.165, 1.54) is 38.1 Å². The van der Waals surface area contributed by atoms with Gasteiger partial charge in [0.05, 0.1) is 23.6 Å². The van der Waals surface area contributed by atoms with Crippen molar-refractivity contribution in [3.63, 3.8) is 0 Å². The van der Waals surface area contributed by atoms with Gasteiger partial charge in [0, 0.05) is 11.5 Å². The molecule has 0 aliphatic heterocycles. The van der Waals surface area contributed by atoms with Crippen molar-refractivity contribution in [2.24, 2.45) is 17.6 Å². The summed E-state index contributed by atoms with van der Waals surface area (Å²) in [6.45, 7) is 2.55. The van der Waals surface area contributed by atoms with Crippen LogP contribution in [0.4, 0.5) is 22.0 Å². The molecule has 10 nitrogen and oxygen atoms in total. The molecule has 3 amide bonds. The molecule has 0 radical (unpaired) electrons. The number of aromatic hydroxyl groups is 1. The molecule has 5 atom stereocenters. The van der Waals surface area contributed by atoms with E-state index >= 15 is 0 Å². The van der Waals surface area contributed by atoms with Gasteiger partial charge < -0.3 is 31.3 Å². The number of nitrogens with one attached hydrogen (secondary N) is 2. The van der Waals surface area contributed by atoms with Crippen molar-refractivity contribution in [3.05, 3.63) is 64.5 Å². The number of benzene rings is 2. The molecule has 0 heterocycles. The summed E-state index contributed by atoms with van der Waals surface area (Å²) >= 11 is 0. The predicted octanol–water partition coefficient (Wildman–Crippen LogP) is 2.13. The van der Waals surface area contributed by atoms with E-state index in [-0.39, 0.29) is 11.3 Å². The van der Waals surface area contributed by atoms with Gasteiger partial charge in [-0.05, 0) is 51.7 Å². The molecule has 2 aromatic rings. The number of aliphatic hydroxyl groups is 1. The van der Waals surface area contributed by atoms with E-state index < -0.39 is 107 Å². The lowest BCUT2D eigenvalue weighted by molar-refractivity contribution is -0.164. The third-order valence-electron chi connectivity index (χ3n) is 7.10. The Balaban J connectivity index is 1.63. The average molecular weight is 616 g/mol. The maximum Gasteiger partial charge on any atom is 0.312 e. The molecule has 15 heteroatoms. The first-order valence-electron chi connectivity index (χ1n) is 13.2. The Bertz CT molecular complexity index is 1380. The van der Waals surface area contributed by atoms with Crippen LogP contribution in [0.3, 0.4) is 0 Å². The first-order chi connectivity index (χ1) is 20.1. The Hall–Kier alpha value is -4.27. The highest BCUT2D eigenvalue weighted by atomic mass is 19.2. The van der Waals surface area contributed by atoms with E-state index in [0.29, 0.717) is 12.8 Å². The second kappa shape index (κ2) is 13.8. The highest BCUT2D eigenvalue weighted by Gasteiger charge is 2.42. The minimum Gasteiger partial charge on any atom is -0.507 e. The number of halogens is 5. The van der Waals surface area contributed by atoms with E-state index in [4.69, 9.17) is 10.5 Å². The lowest BCUT2D eigenvalue weighted by Gasteiger charge is -2.27. The molecule has 234 valence electrons. The molecule has 5 unspecified atom stereocenters. The summed E-state index contributed by atoms with van der Waals surface area (Å²) in [5, 5.41) is 25.1. The van der Waals surface area contributed by atoms with Crippen LogP contribution in [-0.4, -0.2) is 58.2 Å². The van der Waals surface area contributed by atoms with Crippen molar-refractivity contribution in [1.82, 2.24) is 10.6 Å². The first kappa shape index (κ1) is 33.2. The van der Waals surface area contributed by atoms with Gasteiger partial charge in [0.25, 0.3) is 11.8 Å². The Kier molecular flexibility index (Phi) is 10.7. The molecule has 0 bridgehead atoms. The second-order valence-corrected chi connectivity index (χ2v) is 10.3. The lowest BCUT2D eigenvalue weighted by Crippen LogP contribution is -2.58. The van der Waals surface area contributed by atoms with Gasteiger partial charge in [0.2, 0.25) is 11.7 Å². The van der Waals surface area contributed by atoms with Gasteiger partial charge in [-0.2, -0.15) is 0 Å². The monoisotopic (exact) mass is 615 g/mol. The van der Waals surface area contributed by atoms with Crippen molar-refractivity contribution in [1.29, 1.82) is 0 Å². The van der Waals surface area contributed by atoms with Crippen molar-refractivity contribution in [2.75, 3.05) is 0 Å². The van der Waals surface area contributed by atoms with Crippen molar-refractivity contribution in [2.45, 2.75) is 63.8 Å². The number of nitrogens with two attached hydrogens (primary N) is 1. The van der Waals surface area contributed by atoms with Crippen LogP contribution >= 0.6 is 0 Å². The fourth-order valence-corrected chi connectivity index (χ4v) is 4.28. The van der Waals surface area contributed by atoms with Crippen LogP contribution in [0, 0.1) is 40.9 Å². The van der Waals surface area contributed by atoms with Crippen LogP contribution in [0.5, 0.6) is 5.75 Å². The number of aliphatic hydroxyl groups excluding tert-OH is 1. The number of primary amides is 1. The standard InChI is InChI=1S/C28H30F5N3O7/c1-11(16(37)10-9-15-18(29)20(31)22(33)21(32)19(15)30)28(42)43-24(13-7-8-13)27(41)35-12(2)23(25(34)39)36-26(40)14-5-3-4-6-17(14)38/h3-6,11-13,16,23-24,37-38H,7-10H2,1-2H3,(H2,34,39)(H,35,41)(H,36,40). The molecule has 0 aromatic heterocycles. The summed E-state index contributed by atoms with van der Waals surface area (Å²) in [4.78, 5) is 50.4. The Morgan fingerprint density at radius 2 is 1.51 bits per heavy atom. The summed E-state index contributed by atoms with van der Waals surface area (Å²) in [7, 11) is 0. The van der Waals surface area contributed by atoms with Crippen LogP contribution in [0.1, 0.15) is 49.0 Å². The molecule has 43 heavy (non-hydrogen) atoms. The summed E-state index contributed by atoms with van der Waals surface area (Å²) in [6.07, 6.45) is -3.39. The molecule has 0 spiro atoms. The fraction of sp³-hybridized carbons (Fsp3) is 0.429. The highest BCUT2D eigenvalue weighted by Crippen LogP contribution is 2.35. The lowest BCUT2D eigenvalue weighted by atomic mass is 9.97. The second-order valence-electron chi connectivity index (χ2n) is 10.3. The van der Waals surface area contributed by atoms with E-state index in [2.05, 4.69) is 10.6 Å². The van der Waals surface area contributed by atoms with E-state index in [0.717, 1.165) is 0 Å². The van der Waals surface area contributed by atoms with Crippen molar-refractivity contribution < 1.29 is 56.1 Å². The summed E-state index contributed by atoms with van der Waals surface area (Å²) in [6, 6.07) is 2.97. The van der Waals surface area contributed by atoms with Gasteiger partial charge >= 0.3 is 5.97 Å².